The molecular weight excluding hydrogens is 532 g/mol. The molecule has 2 heteroatoms. The number of hydrogen-bond acceptors (Lipinski definition) is 0. The SMILES string of the molecule is [2H]c1c([2H])c([2H])c(-c2cccc(-c3c([2H])c([2H])c([2H])c([2H])c3[2H])c2-n2c3ccccc3c3cc(-n4c5c([2H])c([2H])c([2H])c([2H])c5c5c([2H])c([2H])c([2H])c([2H])c54)ccc32)c([2H])c1[2H]. The number of rotatable bonds is 4. The summed E-state index contributed by atoms with van der Waals surface area (Å²) < 4.78 is 159. The minimum Gasteiger partial charge on any atom is -0.309 e. The molecule has 44 heavy (non-hydrogen) atoms. The lowest BCUT2D eigenvalue weighted by atomic mass is 9.95. The molecule has 206 valence electrons. The van der Waals surface area contributed by atoms with Gasteiger partial charge in [-0.1, -0.05) is 133 Å². The molecule has 0 radical (unpaired) electrons. The second-order valence-corrected chi connectivity index (χ2v) is 10.0. The van der Waals surface area contributed by atoms with Gasteiger partial charge in [-0.15, -0.1) is 0 Å². The Labute approximate surface area is 281 Å². The van der Waals surface area contributed by atoms with Crippen molar-refractivity contribution in [1.82, 2.24) is 9.13 Å². The summed E-state index contributed by atoms with van der Waals surface area (Å²) in [4.78, 5) is 0. The fraction of sp³-hybridized carbons (Fsp3) is 0. The van der Waals surface area contributed by atoms with Crippen molar-refractivity contribution in [2.75, 3.05) is 0 Å². The Hall–Kier alpha value is -5.86. The van der Waals surface area contributed by atoms with E-state index in [9.17, 15) is 0 Å². The van der Waals surface area contributed by atoms with Crippen LogP contribution in [0.25, 0.3) is 77.2 Å². The molecule has 9 aromatic rings. The van der Waals surface area contributed by atoms with Crippen molar-refractivity contribution in [3.05, 3.63) is 169 Å². The van der Waals surface area contributed by atoms with E-state index >= 15 is 0 Å². The van der Waals surface area contributed by atoms with Crippen molar-refractivity contribution in [1.29, 1.82) is 0 Å². The maximum atomic E-state index is 9.00. The van der Waals surface area contributed by atoms with E-state index in [1.165, 1.54) is 22.8 Å². The van der Waals surface area contributed by atoms with Gasteiger partial charge in [0.1, 0.15) is 0 Å². The molecule has 0 N–H and O–H groups in total. The average molecular weight is 579 g/mol. The molecular formula is C42H28N2. The highest BCUT2D eigenvalue weighted by atomic mass is 15.0. The predicted molar refractivity (Wildman–Crippen MR) is 186 cm³/mol. The van der Waals surface area contributed by atoms with Crippen LogP contribution in [0.1, 0.15) is 24.7 Å². The van der Waals surface area contributed by atoms with Crippen molar-refractivity contribution >= 4 is 43.6 Å². The summed E-state index contributed by atoms with van der Waals surface area (Å²) in [5, 5.41) is 0.849. The molecule has 0 fully saturated rings. The quantitative estimate of drug-likeness (QED) is 0.197. The van der Waals surface area contributed by atoms with Crippen LogP contribution in [-0.2, 0) is 0 Å². The van der Waals surface area contributed by atoms with E-state index in [0.29, 0.717) is 21.8 Å². The molecule has 0 aliphatic carbocycles. The summed E-state index contributed by atoms with van der Waals surface area (Å²) in [6, 6.07) is 6.30. The van der Waals surface area contributed by atoms with Gasteiger partial charge in [0.2, 0.25) is 0 Å². The predicted octanol–water partition coefficient (Wildman–Crippen LogP) is 11.2. The van der Waals surface area contributed by atoms with Crippen molar-refractivity contribution in [3.63, 3.8) is 0 Å². The fourth-order valence-electron chi connectivity index (χ4n) is 5.98. The highest BCUT2D eigenvalue weighted by molar-refractivity contribution is 6.13. The van der Waals surface area contributed by atoms with Crippen molar-refractivity contribution in [2.45, 2.75) is 0 Å². The third-order valence-electron chi connectivity index (χ3n) is 7.75. The van der Waals surface area contributed by atoms with E-state index in [2.05, 4.69) is 0 Å². The summed E-state index contributed by atoms with van der Waals surface area (Å²) in [5.74, 6) is 0. The summed E-state index contributed by atoms with van der Waals surface area (Å²) >= 11 is 0. The lowest BCUT2D eigenvalue weighted by Gasteiger charge is -2.19. The van der Waals surface area contributed by atoms with Crippen LogP contribution in [0.2, 0.25) is 0 Å². The zero-order valence-corrected chi connectivity index (χ0v) is 22.7. The Morgan fingerprint density at radius 3 is 1.57 bits per heavy atom. The van der Waals surface area contributed by atoms with E-state index in [4.69, 9.17) is 24.7 Å². The van der Waals surface area contributed by atoms with Gasteiger partial charge in [0.25, 0.3) is 0 Å². The Morgan fingerprint density at radius 2 is 0.932 bits per heavy atom. The number of hydrogen-bond donors (Lipinski definition) is 0. The molecule has 0 aliphatic heterocycles. The molecule has 7 aromatic carbocycles. The highest BCUT2D eigenvalue weighted by Gasteiger charge is 2.20. The molecule has 2 aromatic heterocycles. The number of para-hydroxylation sites is 4. The summed E-state index contributed by atoms with van der Waals surface area (Å²) in [7, 11) is 0. The van der Waals surface area contributed by atoms with Crippen LogP contribution in [-0.4, -0.2) is 9.13 Å². The van der Waals surface area contributed by atoms with Crippen LogP contribution in [0.15, 0.2) is 169 Å². The first-order chi connectivity index (χ1) is 29.3. The lowest BCUT2D eigenvalue weighted by molar-refractivity contribution is 1.17. The molecule has 0 aliphatic rings. The van der Waals surface area contributed by atoms with E-state index < -0.39 is 109 Å². The van der Waals surface area contributed by atoms with Gasteiger partial charge in [0.15, 0.2) is 0 Å². The molecule has 9 rings (SSSR count). The molecule has 0 saturated heterocycles. The smallest absolute Gasteiger partial charge is 0.0645 e. The van der Waals surface area contributed by atoms with Gasteiger partial charge in [0, 0.05) is 38.4 Å². The average Bonchev–Trinajstić information content (AvgIpc) is 3.80. The van der Waals surface area contributed by atoms with Crippen LogP contribution in [0.5, 0.6) is 0 Å². The molecule has 0 bridgehead atoms. The zero-order valence-electron chi connectivity index (χ0n) is 40.7. The minimum absolute atomic E-state index is 0.0763. The minimum atomic E-state index is -0.628. The van der Waals surface area contributed by atoms with Gasteiger partial charge in [-0.2, -0.15) is 0 Å². The summed E-state index contributed by atoms with van der Waals surface area (Å²) in [6.07, 6.45) is 0. The van der Waals surface area contributed by atoms with Gasteiger partial charge < -0.3 is 9.13 Å². The molecule has 0 saturated carbocycles. The van der Waals surface area contributed by atoms with Crippen LogP contribution in [0.4, 0.5) is 0 Å². The molecule has 2 nitrogen and oxygen atoms in total. The molecule has 0 unspecified atom stereocenters. The van der Waals surface area contributed by atoms with Gasteiger partial charge >= 0.3 is 0 Å². The van der Waals surface area contributed by atoms with Crippen LogP contribution in [0, 0.1) is 0 Å². The van der Waals surface area contributed by atoms with Gasteiger partial charge in [0.05, 0.1) is 52.4 Å². The number of nitrogens with zero attached hydrogens (tertiary/aromatic N) is 2. The normalized spacial score (nSPS) is 17.4. The fourth-order valence-corrected chi connectivity index (χ4v) is 5.98. The first-order valence-corrected chi connectivity index (χ1v) is 13.7. The summed E-state index contributed by atoms with van der Waals surface area (Å²) in [6.45, 7) is 0. The van der Waals surface area contributed by atoms with Crippen LogP contribution in [0.3, 0.4) is 0 Å². The van der Waals surface area contributed by atoms with E-state index in [-0.39, 0.29) is 55.4 Å². The Balaban J connectivity index is 1.48. The van der Waals surface area contributed by atoms with Gasteiger partial charge in [-0.25, -0.2) is 0 Å². The van der Waals surface area contributed by atoms with Gasteiger partial charge in [-0.3, -0.25) is 0 Å². The first kappa shape index (κ1) is 12.8. The number of aromatic nitrogens is 2. The lowest BCUT2D eigenvalue weighted by Crippen LogP contribution is -2.01. The Morgan fingerprint density at radius 1 is 0.386 bits per heavy atom. The second-order valence-electron chi connectivity index (χ2n) is 10.0. The van der Waals surface area contributed by atoms with Crippen molar-refractivity contribution < 1.29 is 24.7 Å². The van der Waals surface area contributed by atoms with Gasteiger partial charge in [-0.05, 0) is 47.5 Å². The largest absolute Gasteiger partial charge is 0.309 e. The van der Waals surface area contributed by atoms with Crippen molar-refractivity contribution in [2.24, 2.45) is 0 Å². The van der Waals surface area contributed by atoms with E-state index in [0.717, 1.165) is 0 Å². The molecule has 0 spiro atoms. The molecule has 0 atom stereocenters. The highest BCUT2D eigenvalue weighted by Crippen LogP contribution is 2.42. The summed E-state index contributed by atoms with van der Waals surface area (Å²) in [5.41, 5.74) is 0.801. The first-order valence-electron chi connectivity index (χ1n) is 22.7. The van der Waals surface area contributed by atoms with E-state index in [1.807, 2.05) is 0 Å². The maximum absolute atomic E-state index is 9.00. The second kappa shape index (κ2) is 9.86. The standard InChI is InChI=1S/C42H28N2/c1-3-14-29(15-4-1)32-21-13-22-33(30-16-5-2-6-17-30)42(32)44-40-25-12-9-20-36(40)37-28-31(26-27-41(37)44)43-38-23-10-7-18-34(38)35-19-8-11-24-39(35)43/h1-28H/i1D,2D,3D,4D,5D,6D,7D,8D,10D,11D,14D,15D,16D,17D,18D,19D,23D,24D. The topological polar surface area (TPSA) is 9.86 Å². The third kappa shape index (κ3) is 3.68. The zero-order chi connectivity index (χ0) is 44.7. The van der Waals surface area contributed by atoms with Crippen LogP contribution >= 0.6 is 0 Å². The monoisotopic (exact) mass is 578 g/mol. The molecule has 0 amide bonds. The van der Waals surface area contributed by atoms with E-state index in [1.54, 1.807) is 47.0 Å². The molecule has 2 heterocycles. The Kier molecular flexibility index (Phi) is 2.87. The Bertz CT molecular complexity index is 3290. The third-order valence-corrected chi connectivity index (χ3v) is 7.75. The number of benzene rings is 7. The van der Waals surface area contributed by atoms with Crippen molar-refractivity contribution in [3.8, 4) is 33.6 Å². The van der Waals surface area contributed by atoms with Crippen LogP contribution < -0.4 is 0 Å². The number of fused-ring (bicyclic) bond motifs is 6. The maximum Gasteiger partial charge on any atom is 0.0645 e.